The summed E-state index contributed by atoms with van der Waals surface area (Å²) >= 11 is 1.73. The number of rotatable bonds is 5. The van der Waals surface area contributed by atoms with Gasteiger partial charge in [0, 0.05) is 18.1 Å². The molecular formula is C13H19N3OS. The maximum atomic E-state index is 5.96. The fourth-order valence-corrected chi connectivity index (χ4v) is 2.27. The van der Waals surface area contributed by atoms with Crippen LogP contribution >= 0.6 is 11.9 Å². The SMILES string of the molecule is COc1ccc2c(c1)c(CCN(C)SC)cn2N. The molecular weight excluding hydrogens is 246 g/mol. The number of likely N-dealkylation sites (N-methyl/N-ethyl adjacent to an activating group) is 1. The number of hydrogen-bond donors (Lipinski definition) is 1. The van der Waals surface area contributed by atoms with Crippen LogP contribution in [0.4, 0.5) is 0 Å². The zero-order valence-electron chi connectivity index (χ0n) is 11.0. The van der Waals surface area contributed by atoms with E-state index < -0.39 is 0 Å². The minimum atomic E-state index is 0.869. The van der Waals surface area contributed by atoms with Crippen LogP contribution in [0, 0.1) is 0 Å². The Morgan fingerprint density at radius 1 is 1.44 bits per heavy atom. The molecule has 0 aliphatic heterocycles. The van der Waals surface area contributed by atoms with Crippen molar-refractivity contribution >= 4 is 22.9 Å². The lowest BCUT2D eigenvalue weighted by Gasteiger charge is -2.11. The van der Waals surface area contributed by atoms with E-state index in [4.69, 9.17) is 10.6 Å². The first-order chi connectivity index (χ1) is 8.65. The normalized spacial score (nSPS) is 11.3. The summed E-state index contributed by atoms with van der Waals surface area (Å²) < 4.78 is 9.16. The summed E-state index contributed by atoms with van der Waals surface area (Å²) in [6, 6.07) is 5.98. The maximum Gasteiger partial charge on any atom is 0.119 e. The molecule has 2 N–H and O–H groups in total. The molecule has 0 saturated heterocycles. The van der Waals surface area contributed by atoms with Crippen LogP contribution in [0.1, 0.15) is 5.56 Å². The molecule has 0 amide bonds. The lowest BCUT2D eigenvalue weighted by molar-refractivity contribution is 0.415. The van der Waals surface area contributed by atoms with Gasteiger partial charge in [0.2, 0.25) is 0 Å². The van der Waals surface area contributed by atoms with Gasteiger partial charge in [0.15, 0.2) is 0 Å². The van der Waals surface area contributed by atoms with Crippen molar-refractivity contribution in [3.05, 3.63) is 30.0 Å². The third-order valence-electron chi connectivity index (χ3n) is 3.13. The maximum absolute atomic E-state index is 5.96. The number of hydrogen-bond acceptors (Lipinski definition) is 4. The summed E-state index contributed by atoms with van der Waals surface area (Å²) in [5.74, 6) is 6.83. The number of nitrogens with two attached hydrogens (primary N) is 1. The molecule has 0 radical (unpaired) electrons. The van der Waals surface area contributed by atoms with Gasteiger partial charge in [-0.1, -0.05) is 11.9 Å². The van der Waals surface area contributed by atoms with Gasteiger partial charge in [-0.05, 0) is 43.5 Å². The van der Waals surface area contributed by atoms with Gasteiger partial charge in [-0.25, -0.2) is 0 Å². The molecule has 5 heteroatoms. The van der Waals surface area contributed by atoms with Crippen LogP contribution in [0.3, 0.4) is 0 Å². The molecule has 0 unspecified atom stereocenters. The fourth-order valence-electron chi connectivity index (χ4n) is 2.00. The van der Waals surface area contributed by atoms with E-state index in [-0.39, 0.29) is 0 Å². The smallest absolute Gasteiger partial charge is 0.119 e. The van der Waals surface area contributed by atoms with E-state index in [1.807, 2.05) is 24.4 Å². The molecule has 0 saturated carbocycles. The molecule has 2 rings (SSSR count). The monoisotopic (exact) mass is 265 g/mol. The Bertz CT molecular complexity index is 538. The lowest BCUT2D eigenvalue weighted by Crippen LogP contribution is -2.12. The zero-order chi connectivity index (χ0) is 13.1. The van der Waals surface area contributed by atoms with E-state index in [0.717, 1.165) is 24.2 Å². The number of ether oxygens (including phenoxy) is 1. The van der Waals surface area contributed by atoms with E-state index in [1.165, 1.54) is 10.9 Å². The van der Waals surface area contributed by atoms with Gasteiger partial charge in [-0.3, -0.25) is 8.98 Å². The Morgan fingerprint density at radius 3 is 2.89 bits per heavy atom. The number of nitrogen functional groups attached to an aromatic ring is 1. The van der Waals surface area contributed by atoms with Crippen molar-refractivity contribution in [1.29, 1.82) is 0 Å². The summed E-state index contributed by atoms with van der Waals surface area (Å²) in [6.45, 7) is 0.998. The predicted octanol–water partition coefficient (Wildman–Crippen LogP) is 2.12. The lowest BCUT2D eigenvalue weighted by atomic mass is 10.1. The average molecular weight is 265 g/mol. The topological polar surface area (TPSA) is 43.4 Å². The van der Waals surface area contributed by atoms with E-state index in [9.17, 15) is 0 Å². The van der Waals surface area contributed by atoms with Crippen LogP contribution < -0.4 is 10.6 Å². The third kappa shape index (κ3) is 2.57. The molecule has 1 aromatic carbocycles. The highest BCUT2D eigenvalue weighted by Crippen LogP contribution is 2.25. The highest BCUT2D eigenvalue weighted by Gasteiger charge is 2.09. The summed E-state index contributed by atoms with van der Waals surface area (Å²) in [5.41, 5.74) is 2.30. The van der Waals surface area contributed by atoms with Crippen molar-refractivity contribution in [2.75, 3.05) is 32.8 Å². The van der Waals surface area contributed by atoms with Gasteiger partial charge in [0.25, 0.3) is 0 Å². The minimum absolute atomic E-state index is 0.869. The largest absolute Gasteiger partial charge is 0.497 e. The highest BCUT2D eigenvalue weighted by molar-refractivity contribution is 7.96. The second kappa shape index (κ2) is 5.54. The predicted molar refractivity (Wildman–Crippen MR) is 78.5 cm³/mol. The summed E-state index contributed by atoms with van der Waals surface area (Å²) in [5, 5.41) is 1.17. The molecule has 18 heavy (non-hydrogen) atoms. The van der Waals surface area contributed by atoms with Crippen molar-refractivity contribution in [2.45, 2.75) is 6.42 Å². The number of benzene rings is 1. The third-order valence-corrected chi connectivity index (χ3v) is 3.94. The standard InChI is InChI=1S/C13H19N3OS/c1-15(18-3)7-6-10-9-16(14)13-5-4-11(17-2)8-12(10)13/h4-5,8-9H,6-7,14H2,1-3H3. The van der Waals surface area contributed by atoms with Gasteiger partial charge in [-0.2, -0.15) is 0 Å². The minimum Gasteiger partial charge on any atom is -0.497 e. The van der Waals surface area contributed by atoms with E-state index in [1.54, 1.807) is 23.7 Å². The number of aromatic nitrogens is 1. The van der Waals surface area contributed by atoms with Crippen LogP contribution in [-0.2, 0) is 6.42 Å². The van der Waals surface area contributed by atoms with Crippen LogP contribution in [0.2, 0.25) is 0 Å². The highest BCUT2D eigenvalue weighted by atomic mass is 32.2. The fraction of sp³-hybridized carbons (Fsp3) is 0.385. The van der Waals surface area contributed by atoms with E-state index in [2.05, 4.69) is 17.6 Å². The quantitative estimate of drug-likeness (QED) is 0.664. The molecule has 98 valence electrons. The zero-order valence-corrected chi connectivity index (χ0v) is 11.8. The van der Waals surface area contributed by atoms with E-state index in [0.29, 0.717) is 0 Å². The van der Waals surface area contributed by atoms with Crippen LogP contribution in [0.15, 0.2) is 24.4 Å². The Kier molecular flexibility index (Phi) is 4.04. The Morgan fingerprint density at radius 2 is 2.22 bits per heavy atom. The Labute approximate surface area is 112 Å². The Balaban J connectivity index is 2.31. The molecule has 0 aliphatic carbocycles. The van der Waals surface area contributed by atoms with Gasteiger partial charge in [-0.15, -0.1) is 0 Å². The first kappa shape index (κ1) is 13.1. The molecule has 0 atom stereocenters. The molecule has 0 spiro atoms. The van der Waals surface area contributed by atoms with Crippen molar-refractivity contribution in [2.24, 2.45) is 0 Å². The number of methoxy groups -OCH3 is 1. The second-order valence-electron chi connectivity index (χ2n) is 4.23. The van der Waals surface area contributed by atoms with Crippen molar-refractivity contribution < 1.29 is 4.74 Å². The Hall–Kier alpha value is -1.33. The summed E-state index contributed by atoms with van der Waals surface area (Å²) in [7, 11) is 3.77. The molecule has 2 aromatic rings. The summed E-state index contributed by atoms with van der Waals surface area (Å²) in [6.07, 6.45) is 5.05. The number of fused-ring (bicyclic) bond motifs is 1. The molecule has 0 bridgehead atoms. The number of nitrogens with zero attached hydrogens (tertiary/aromatic N) is 2. The first-order valence-corrected chi connectivity index (χ1v) is 7.02. The molecule has 0 aliphatic rings. The van der Waals surface area contributed by atoms with Crippen LogP contribution in [0.25, 0.3) is 10.9 Å². The van der Waals surface area contributed by atoms with E-state index >= 15 is 0 Å². The second-order valence-corrected chi connectivity index (χ2v) is 5.22. The van der Waals surface area contributed by atoms with Gasteiger partial charge >= 0.3 is 0 Å². The summed E-state index contributed by atoms with van der Waals surface area (Å²) in [4.78, 5) is 0. The molecule has 1 heterocycles. The molecule has 1 aromatic heterocycles. The molecule has 4 nitrogen and oxygen atoms in total. The average Bonchev–Trinajstić information content (AvgIpc) is 2.72. The first-order valence-electron chi connectivity index (χ1n) is 5.84. The van der Waals surface area contributed by atoms with Crippen LogP contribution in [0.5, 0.6) is 5.75 Å². The van der Waals surface area contributed by atoms with Gasteiger partial charge in [0.1, 0.15) is 5.75 Å². The van der Waals surface area contributed by atoms with Gasteiger partial charge < -0.3 is 10.6 Å². The van der Waals surface area contributed by atoms with Crippen molar-refractivity contribution in [3.8, 4) is 5.75 Å². The van der Waals surface area contributed by atoms with Gasteiger partial charge in [0.05, 0.1) is 12.6 Å². The van der Waals surface area contributed by atoms with Crippen molar-refractivity contribution in [1.82, 2.24) is 8.98 Å². The van der Waals surface area contributed by atoms with Crippen LogP contribution in [-0.4, -0.2) is 35.9 Å². The molecule has 0 fully saturated rings. The van der Waals surface area contributed by atoms with Crippen molar-refractivity contribution in [3.63, 3.8) is 0 Å².